The fraction of sp³-hybridized carbons (Fsp3) is 0.300. The molecule has 142 valence electrons. The summed E-state index contributed by atoms with van der Waals surface area (Å²) in [5.74, 6) is -0.225. The lowest BCUT2D eigenvalue weighted by Crippen LogP contribution is -2.27. The molecule has 1 saturated heterocycles. The van der Waals surface area contributed by atoms with E-state index in [0.29, 0.717) is 17.0 Å². The Kier molecular flexibility index (Phi) is 5.86. The Morgan fingerprint density at radius 2 is 1.81 bits per heavy atom. The molecule has 0 unspecified atom stereocenters. The van der Waals surface area contributed by atoms with Crippen molar-refractivity contribution in [1.29, 1.82) is 0 Å². The molecule has 7 heteroatoms. The van der Waals surface area contributed by atoms with Gasteiger partial charge < -0.3 is 20.1 Å². The second-order valence-electron chi connectivity index (χ2n) is 6.35. The van der Waals surface area contributed by atoms with Gasteiger partial charge in [-0.15, -0.1) is 0 Å². The van der Waals surface area contributed by atoms with Gasteiger partial charge in [-0.2, -0.15) is 0 Å². The molecule has 27 heavy (non-hydrogen) atoms. The van der Waals surface area contributed by atoms with Gasteiger partial charge in [0.2, 0.25) is 0 Å². The average molecular weight is 389 g/mol. The first-order valence-corrected chi connectivity index (χ1v) is 9.05. The van der Waals surface area contributed by atoms with E-state index in [1.165, 1.54) is 19.2 Å². The Bertz CT molecular complexity index is 846. The Morgan fingerprint density at radius 3 is 2.44 bits per heavy atom. The van der Waals surface area contributed by atoms with Crippen LogP contribution in [0.3, 0.4) is 0 Å². The highest BCUT2D eigenvalue weighted by Crippen LogP contribution is 2.29. The van der Waals surface area contributed by atoms with Crippen molar-refractivity contribution in [2.24, 2.45) is 0 Å². The molecule has 0 aromatic heterocycles. The number of benzene rings is 2. The number of carbonyl (C=O) groups is 2. The number of amides is 1. The molecule has 0 radical (unpaired) electrons. The number of likely N-dealkylation sites (tertiary alicyclic amines) is 1. The third kappa shape index (κ3) is 4.34. The van der Waals surface area contributed by atoms with Gasteiger partial charge in [0.25, 0.3) is 5.91 Å². The van der Waals surface area contributed by atoms with Crippen molar-refractivity contribution in [3.05, 3.63) is 58.1 Å². The number of hydrogen-bond acceptors (Lipinski definition) is 5. The lowest BCUT2D eigenvalue weighted by Gasteiger charge is -2.15. The Labute approximate surface area is 162 Å². The van der Waals surface area contributed by atoms with Crippen LogP contribution in [-0.2, 0) is 11.3 Å². The first-order chi connectivity index (χ1) is 13.0. The normalized spacial score (nSPS) is 13.5. The quantitative estimate of drug-likeness (QED) is 0.626. The smallest absolute Gasteiger partial charge is 0.342 e. The molecule has 0 saturated carbocycles. The Balaban J connectivity index is 1.64. The molecule has 2 N–H and O–H groups in total. The van der Waals surface area contributed by atoms with Gasteiger partial charge in [-0.05, 0) is 36.6 Å². The van der Waals surface area contributed by atoms with Crippen LogP contribution in [0, 0.1) is 0 Å². The third-order valence-corrected chi connectivity index (χ3v) is 4.83. The zero-order chi connectivity index (χ0) is 19.4. The number of nitrogens with two attached hydrogens (primary N) is 1. The minimum Gasteiger partial charge on any atom is -0.496 e. The van der Waals surface area contributed by atoms with Crippen LogP contribution >= 0.6 is 11.6 Å². The highest BCUT2D eigenvalue weighted by atomic mass is 35.5. The summed E-state index contributed by atoms with van der Waals surface area (Å²) in [5.41, 5.74) is 7.66. The van der Waals surface area contributed by atoms with Crippen LogP contribution in [0.2, 0.25) is 5.02 Å². The molecule has 2 aromatic carbocycles. The van der Waals surface area contributed by atoms with E-state index in [0.717, 1.165) is 31.5 Å². The first-order valence-electron chi connectivity index (χ1n) is 8.68. The number of nitrogen functional groups attached to an aromatic ring is 1. The van der Waals surface area contributed by atoms with Gasteiger partial charge in [-0.3, -0.25) is 4.79 Å². The van der Waals surface area contributed by atoms with E-state index >= 15 is 0 Å². The minimum absolute atomic E-state index is 0.0392. The molecule has 1 aliphatic heterocycles. The van der Waals surface area contributed by atoms with E-state index in [9.17, 15) is 9.59 Å². The molecule has 0 bridgehead atoms. The molecular weight excluding hydrogens is 368 g/mol. The first kappa shape index (κ1) is 19.0. The number of nitrogens with zero attached hydrogens (tertiary/aromatic N) is 1. The fourth-order valence-electron chi connectivity index (χ4n) is 2.97. The van der Waals surface area contributed by atoms with E-state index in [1.54, 1.807) is 24.3 Å². The summed E-state index contributed by atoms with van der Waals surface area (Å²) in [6.45, 7) is 1.69. The van der Waals surface area contributed by atoms with Crippen LogP contribution in [0.5, 0.6) is 5.75 Å². The highest BCUT2D eigenvalue weighted by molar-refractivity contribution is 6.33. The topological polar surface area (TPSA) is 81.9 Å². The summed E-state index contributed by atoms with van der Waals surface area (Å²) < 4.78 is 10.5. The largest absolute Gasteiger partial charge is 0.496 e. The predicted molar refractivity (Wildman–Crippen MR) is 103 cm³/mol. The summed E-state index contributed by atoms with van der Waals surface area (Å²) in [7, 11) is 1.44. The number of methoxy groups -OCH3 is 1. The minimum atomic E-state index is -0.564. The van der Waals surface area contributed by atoms with Crippen LogP contribution in [0.25, 0.3) is 0 Å². The molecule has 1 heterocycles. The van der Waals surface area contributed by atoms with Crippen molar-refractivity contribution in [2.75, 3.05) is 25.9 Å². The van der Waals surface area contributed by atoms with Gasteiger partial charge in [0.1, 0.15) is 17.9 Å². The van der Waals surface area contributed by atoms with Gasteiger partial charge in [0.15, 0.2) is 0 Å². The van der Waals surface area contributed by atoms with Gasteiger partial charge in [-0.1, -0.05) is 23.7 Å². The maximum Gasteiger partial charge on any atom is 0.342 e. The summed E-state index contributed by atoms with van der Waals surface area (Å²) in [4.78, 5) is 26.5. The molecule has 1 amide bonds. The van der Waals surface area contributed by atoms with E-state index in [1.807, 2.05) is 4.90 Å². The molecule has 6 nitrogen and oxygen atoms in total. The molecule has 2 aromatic rings. The molecular formula is C20H21ClN2O4. The number of halogens is 1. The second kappa shape index (κ2) is 8.31. The lowest BCUT2D eigenvalue weighted by atomic mass is 10.1. The lowest BCUT2D eigenvalue weighted by molar-refractivity contribution is 0.0468. The van der Waals surface area contributed by atoms with Crippen LogP contribution in [0.15, 0.2) is 36.4 Å². The number of rotatable bonds is 5. The van der Waals surface area contributed by atoms with Crippen molar-refractivity contribution >= 4 is 29.2 Å². The van der Waals surface area contributed by atoms with Crippen LogP contribution < -0.4 is 10.5 Å². The van der Waals surface area contributed by atoms with Crippen LogP contribution in [0.4, 0.5) is 5.69 Å². The molecule has 1 aliphatic rings. The molecule has 0 atom stereocenters. The summed E-state index contributed by atoms with van der Waals surface area (Å²) in [6.07, 6.45) is 2.11. The van der Waals surface area contributed by atoms with Crippen molar-refractivity contribution in [3.8, 4) is 5.75 Å². The maximum absolute atomic E-state index is 12.3. The van der Waals surface area contributed by atoms with Crippen molar-refractivity contribution in [1.82, 2.24) is 4.90 Å². The monoisotopic (exact) mass is 388 g/mol. The number of anilines is 1. The number of carbonyl (C=O) groups excluding carboxylic acids is 2. The molecule has 0 spiro atoms. The predicted octanol–water partition coefficient (Wildman–Crippen LogP) is 3.52. The van der Waals surface area contributed by atoms with Crippen molar-refractivity contribution < 1.29 is 19.1 Å². The highest BCUT2D eigenvalue weighted by Gasteiger charge is 2.20. The van der Waals surface area contributed by atoms with Gasteiger partial charge >= 0.3 is 5.97 Å². The standard InChI is InChI=1S/C20H21ClN2O4/c1-26-18-11-17(22)16(21)10-15(18)20(25)27-12-13-4-6-14(7-5-13)19(24)23-8-2-3-9-23/h4-7,10-11H,2-3,8-9,12,22H2,1H3. The van der Waals surface area contributed by atoms with Gasteiger partial charge in [0.05, 0.1) is 17.8 Å². The number of ether oxygens (including phenoxy) is 2. The molecule has 0 aliphatic carbocycles. The molecule has 3 rings (SSSR count). The second-order valence-corrected chi connectivity index (χ2v) is 6.75. The summed E-state index contributed by atoms with van der Waals surface area (Å²) >= 11 is 5.98. The zero-order valence-corrected chi connectivity index (χ0v) is 15.8. The molecule has 1 fully saturated rings. The summed E-state index contributed by atoms with van der Waals surface area (Å²) in [6, 6.07) is 9.98. The average Bonchev–Trinajstić information content (AvgIpc) is 3.22. The van der Waals surface area contributed by atoms with Crippen molar-refractivity contribution in [3.63, 3.8) is 0 Å². The van der Waals surface area contributed by atoms with E-state index in [4.69, 9.17) is 26.8 Å². The summed E-state index contributed by atoms with van der Waals surface area (Å²) in [5, 5.41) is 0.257. The zero-order valence-electron chi connectivity index (χ0n) is 15.0. The van der Waals surface area contributed by atoms with E-state index in [2.05, 4.69) is 0 Å². The van der Waals surface area contributed by atoms with E-state index < -0.39 is 5.97 Å². The van der Waals surface area contributed by atoms with Crippen LogP contribution in [0.1, 0.15) is 39.1 Å². The SMILES string of the molecule is COc1cc(N)c(Cl)cc1C(=O)OCc1ccc(C(=O)N2CCCC2)cc1. The fourth-order valence-corrected chi connectivity index (χ4v) is 3.13. The third-order valence-electron chi connectivity index (χ3n) is 4.50. The van der Waals surface area contributed by atoms with Crippen molar-refractivity contribution in [2.45, 2.75) is 19.4 Å². The van der Waals surface area contributed by atoms with Gasteiger partial charge in [0, 0.05) is 24.7 Å². The number of hydrogen-bond donors (Lipinski definition) is 1. The Hall–Kier alpha value is -2.73. The maximum atomic E-state index is 12.3. The Morgan fingerprint density at radius 1 is 1.15 bits per heavy atom. The van der Waals surface area contributed by atoms with Gasteiger partial charge in [-0.25, -0.2) is 4.79 Å². The van der Waals surface area contributed by atoms with E-state index in [-0.39, 0.29) is 23.1 Å². The number of esters is 1. The van der Waals surface area contributed by atoms with Crippen LogP contribution in [-0.4, -0.2) is 37.0 Å².